The van der Waals surface area contributed by atoms with Crippen LogP contribution in [0.25, 0.3) is 0 Å². The van der Waals surface area contributed by atoms with Gasteiger partial charge in [-0.15, -0.1) is 0 Å². The number of hydrogen-bond acceptors (Lipinski definition) is 4. The molecule has 2 unspecified atom stereocenters. The van der Waals surface area contributed by atoms with Crippen molar-refractivity contribution in [2.75, 3.05) is 6.61 Å². The molecular weight excluding hydrogens is 252 g/mol. The maximum atomic E-state index is 9.71. The van der Waals surface area contributed by atoms with E-state index in [1.165, 1.54) is 0 Å². The third-order valence-electron chi connectivity index (χ3n) is 2.18. The van der Waals surface area contributed by atoms with E-state index < -0.39 is 23.0 Å². The Balaban J connectivity index is 4.51. The van der Waals surface area contributed by atoms with Gasteiger partial charge in [-0.3, -0.25) is 0 Å². The van der Waals surface area contributed by atoms with E-state index in [0.29, 0.717) is 0 Å². The van der Waals surface area contributed by atoms with Gasteiger partial charge in [0.25, 0.3) is 0 Å². The lowest BCUT2D eigenvalue weighted by molar-refractivity contribution is -0.0164. The summed E-state index contributed by atoms with van der Waals surface area (Å²) >= 11 is 0. The number of aliphatic hydroxyl groups is 2. The molecule has 0 heterocycles. The van der Waals surface area contributed by atoms with Crippen LogP contribution in [0.15, 0.2) is 0 Å². The van der Waals surface area contributed by atoms with E-state index in [0.717, 1.165) is 12.8 Å². The number of aliphatic hydroxyl groups excluding tert-OH is 2. The molecule has 0 fully saturated rings. The predicted octanol–water partition coefficient (Wildman–Crippen LogP) is 2.08. The van der Waals surface area contributed by atoms with Crippen LogP contribution in [0.5, 0.6) is 0 Å². The third kappa shape index (κ3) is 8.07. The molecule has 0 amide bonds. The lowest BCUT2D eigenvalue weighted by Crippen LogP contribution is -2.49. The lowest BCUT2D eigenvalue weighted by Gasteiger charge is -2.35. The summed E-state index contributed by atoms with van der Waals surface area (Å²) in [6.45, 7) is 12.2. The molecule has 0 aromatic carbocycles. The Hall–Kier alpha value is 0.274. The molecule has 0 saturated heterocycles. The van der Waals surface area contributed by atoms with Gasteiger partial charge in [0.05, 0.1) is 12.7 Å². The quantitative estimate of drug-likeness (QED) is 0.668. The molecule has 6 heteroatoms. The summed E-state index contributed by atoms with van der Waals surface area (Å²) in [5.74, 6) is 0. The van der Waals surface area contributed by atoms with Crippen molar-refractivity contribution in [3.63, 3.8) is 0 Å². The maximum absolute atomic E-state index is 9.71. The van der Waals surface area contributed by atoms with Gasteiger partial charge >= 0.3 is 8.56 Å². The summed E-state index contributed by atoms with van der Waals surface area (Å²) in [4.78, 5) is 0. The van der Waals surface area contributed by atoms with Crippen LogP contribution in [0.3, 0.4) is 0 Å². The van der Waals surface area contributed by atoms with Crippen molar-refractivity contribution in [1.82, 2.24) is 0 Å². The van der Waals surface area contributed by atoms with Gasteiger partial charge in [0.2, 0.25) is 0 Å². The fourth-order valence-corrected chi connectivity index (χ4v) is 8.95. The standard InChI is InChI=1S/C11H28O4Si2/c1-7-8-11(10(13)9-12)14-17(5,6)15-16(2,3)4/h10-13H,7-9H2,1-6H3. The minimum atomic E-state index is -2.23. The van der Waals surface area contributed by atoms with Crippen molar-refractivity contribution < 1.29 is 18.8 Å². The minimum absolute atomic E-state index is 0.262. The first-order valence-electron chi connectivity index (χ1n) is 6.28. The Morgan fingerprint density at radius 2 is 1.65 bits per heavy atom. The van der Waals surface area contributed by atoms with Crippen LogP contribution in [0.1, 0.15) is 19.8 Å². The van der Waals surface area contributed by atoms with E-state index in [4.69, 9.17) is 13.6 Å². The molecule has 17 heavy (non-hydrogen) atoms. The molecule has 0 bridgehead atoms. The van der Waals surface area contributed by atoms with E-state index >= 15 is 0 Å². The zero-order valence-corrected chi connectivity index (χ0v) is 14.0. The molecule has 0 radical (unpaired) electrons. The van der Waals surface area contributed by atoms with Crippen molar-refractivity contribution in [3.05, 3.63) is 0 Å². The summed E-state index contributed by atoms with van der Waals surface area (Å²) in [6.07, 6.45) is 0.529. The normalized spacial score (nSPS) is 16.9. The fraction of sp³-hybridized carbons (Fsp3) is 1.00. The van der Waals surface area contributed by atoms with Gasteiger partial charge in [0.1, 0.15) is 6.10 Å². The SMILES string of the molecule is CCCC(O[Si](C)(C)O[Si](C)(C)C)C(O)CO. The highest BCUT2D eigenvalue weighted by Gasteiger charge is 2.35. The predicted molar refractivity (Wildman–Crippen MR) is 74.8 cm³/mol. The highest BCUT2D eigenvalue weighted by Crippen LogP contribution is 2.20. The third-order valence-corrected chi connectivity index (χ3v) is 7.46. The molecule has 0 aromatic heterocycles. The van der Waals surface area contributed by atoms with E-state index in [1.54, 1.807) is 0 Å². The molecule has 2 N–H and O–H groups in total. The maximum Gasteiger partial charge on any atom is 0.321 e. The second kappa shape index (κ2) is 7.01. The summed E-state index contributed by atoms with van der Waals surface area (Å²) < 4.78 is 12.0. The van der Waals surface area contributed by atoms with Crippen LogP contribution >= 0.6 is 0 Å². The molecular formula is C11H28O4Si2. The van der Waals surface area contributed by atoms with Gasteiger partial charge in [-0.25, -0.2) is 0 Å². The minimum Gasteiger partial charge on any atom is -0.436 e. The number of hydrogen-bond donors (Lipinski definition) is 2. The highest BCUT2D eigenvalue weighted by atomic mass is 28.4. The average Bonchev–Trinajstić information content (AvgIpc) is 2.11. The molecule has 0 aliphatic heterocycles. The smallest absolute Gasteiger partial charge is 0.321 e. The van der Waals surface area contributed by atoms with Gasteiger partial charge in [0.15, 0.2) is 8.32 Å². The Bertz CT molecular complexity index is 216. The van der Waals surface area contributed by atoms with Crippen LogP contribution in [0.4, 0.5) is 0 Å². The Kier molecular flexibility index (Phi) is 7.12. The first kappa shape index (κ1) is 17.3. The Labute approximate surface area is 107 Å². The summed E-state index contributed by atoms with van der Waals surface area (Å²) in [6, 6.07) is 0. The Morgan fingerprint density at radius 3 is 2.00 bits per heavy atom. The van der Waals surface area contributed by atoms with Crippen molar-refractivity contribution in [2.45, 2.75) is 64.7 Å². The van der Waals surface area contributed by atoms with Gasteiger partial charge in [-0.05, 0) is 39.2 Å². The monoisotopic (exact) mass is 280 g/mol. The molecule has 0 aliphatic carbocycles. The van der Waals surface area contributed by atoms with E-state index in [-0.39, 0.29) is 12.7 Å². The first-order valence-corrected chi connectivity index (χ1v) is 12.5. The molecule has 0 aliphatic rings. The molecule has 104 valence electrons. The second-order valence-electron chi connectivity index (χ2n) is 5.81. The van der Waals surface area contributed by atoms with Gasteiger partial charge in [-0.2, -0.15) is 0 Å². The van der Waals surface area contributed by atoms with Gasteiger partial charge in [0, 0.05) is 0 Å². The van der Waals surface area contributed by atoms with Crippen LogP contribution < -0.4 is 0 Å². The zero-order valence-electron chi connectivity index (χ0n) is 12.0. The van der Waals surface area contributed by atoms with Gasteiger partial charge in [-0.1, -0.05) is 13.3 Å². The zero-order chi connectivity index (χ0) is 13.7. The van der Waals surface area contributed by atoms with E-state index in [1.807, 2.05) is 20.0 Å². The average molecular weight is 281 g/mol. The van der Waals surface area contributed by atoms with E-state index in [2.05, 4.69) is 19.6 Å². The fourth-order valence-electron chi connectivity index (χ4n) is 1.86. The molecule has 0 spiro atoms. The van der Waals surface area contributed by atoms with E-state index in [9.17, 15) is 5.11 Å². The number of rotatable bonds is 8. The molecule has 0 aromatic rings. The van der Waals surface area contributed by atoms with Crippen molar-refractivity contribution in [2.24, 2.45) is 0 Å². The van der Waals surface area contributed by atoms with Crippen molar-refractivity contribution >= 4 is 16.9 Å². The van der Waals surface area contributed by atoms with Crippen LogP contribution in [-0.2, 0) is 8.54 Å². The first-order chi connectivity index (χ1) is 7.61. The van der Waals surface area contributed by atoms with Crippen LogP contribution in [0.2, 0.25) is 32.7 Å². The molecule has 2 atom stereocenters. The van der Waals surface area contributed by atoms with Crippen LogP contribution in [-0.4, -0.2) is 45.9 Å². The summed E-state index contributed by atoms with van der Waals surface area (Å²) in [7, 11) is -3.86. The van der Waals surface area contributed by atoms with Crippen molar-refractivity contribution in [1.29, 1.82) is 0 Å². The lowest BCUT2D eigenvalue weighted by atomic mass is 10.1. The second-order valence-corrected chi connectivity index (χ2v) is 13.9. The Morgan fingerprint density at radius 1 is 1.12 bits per heavy atom. The van der Waals surface area contributed by atoms with Gasteiger partial charge < -0.3 is 18.8 Å². The summed E-state index contributed by atoms with van der Waals surface area (Å²) in [5.41, 5.74) is 0. The topological polar surface area (TPSA) is 58.9 Å². The molecule has 0 saturated carbocycles. The summed E-state index contributed by atoms with van der Waals surface area (Å²) in [5, 5.41) is 18.7. The van der Waals surface area contributed by atoms with Crippen LogP contribution in [0, 0.1) is 0 Å². The van der Waals surface area contributed by atoms with Crippen molar-refractivity contribution in [3.8, 4) is 0 Å². The molecule has 0 rings (SSSR count). The largest absolute Gasteiger partial charge is 0.436 e. The highest BCUT2D eigenvalue weighted by molar-refractivity contribution is 6.81. The molecule has 4 nitrogen and oxygen atoms in total.